The predicted molar refractivity (Wildman–Crippen MR) is 53.9 cm³/mol. The van der Waals surface area contributed by atoms with Crippen molar-refractivity contribution in [2.45, 2.75) is 13.8 Å². The van der Waals surface area contributed by atoms with E-state index in [2.05, 4.69) is 9.73 Å². The molecule has 13 heavy (non-hydrogen) atoms. The van der Waals surface area contributed by atoms with Gasteiger partial charge in [-0.15, -0.1) is 0 Å². The first kappa shape index (κ1) is 11.6. The second-order valence-electron chi connectivity index (χ2n) is 2.26. The van der Waals surface area contributed by atoms with Crippen LogP contribution in [0.25, 0.3) is 0 Å². The van der Waals surface area contributed by atoms with Crippen molar-refractivity contribution in [2.24, 2.45) is 4.99 Å². The van der Waals surface area contributed by atoms with Crippen LogP contribution in [0.4, 0.5) is 0 Å². The Balaban J connectivity index is 4.49. The predicted octanol–water partition coefficient (Wildman–Crippen LogP) is 1.75. The minimum absolute atomic E-state index is 0.347. The number of carbonyl (C=O) groups is 1. The molecule has 0 radical (unpaired) electrons. The summed E-state index contributed by atoms with van der Waals surface area (Å²) < 4.78 is 4.58. The van der Waals surface area contributed by atoms with E-state index in [1.165, 1.54) is 7.11 Å². The van der Waals surface area contributed by atoms with Crippen molar-refractivity contribution >= 4 is 12.2 Å². The molecule has 0 heterocycles. The number of allylic oxidation sites excluding steroid dienone is 2. The minimum Gasteiger partial charge on any atom is -0.465 e. The number of carbonyl (C=O) groups excluding carboxylic acids is 1. The van der Waals surface area contributed by atoms with Gasteiger partial charge in [0.1, 0.15) is 0 Å². The molecule has 0 amide bonds. The monoisotopic (exact) mass is 181 g/mol. The highest BCUT2D eigenvalue weighted by Gasteiger charge is 2.02. The van der Waals surface area contributed by atoms with Gasteiger partial charge >= 0.3 is 5.97 Å². The summed E-state index contributed by atoms with van der Waals surface area (Å²) >= 11 is 0. The van der Waals surface area contributed by atoms with E-state index in [0.29, 0.717) is 12.1 Å². The number of aliphatic imine (C=N–C) groups is 1. The Hall–Kier alpha value is -1.38. The highest BCUT2D eigenvalue weighted by Crippen LogP contribution is 1.98. The van der Waals surface area contributed by atoms with E-state index < -0.39 is 0 Å². The maximum atomic E-state index is 11.1. The van der Waals surface area contributed by atoms with E-state index in [1.54, 1.807) is 24.4 Å². The Morgan fingerprint density at radius 1 is 1.54 bits per heavy atom. The Kier molecular flexibility index (Phi) is 6.51. The topological polar surface area (TPSA) is 38.7 Å². The van der Waals surface area contributed by atoms with Gasteiger partial charge in [-0.05, 0) is 19.9 Å². The number of methoxy groups -OCH3 is 1. The summed E-state index contributed by atoms with van der Waals surface area (Å²) in [5.74, 6) is -0.347. The van der Waals surface area contributed by atoms with Crippen LogP contribution < -0.4 is 0 Å². The first-order valence-corrected chi connectivity index (χ1v) is 4.17. The van der Waals surface area contributed by atoms with Gasteiger partial charge in [0, 0.05) is 12.8 Å². The Morgan fingerprint density at radius 3 is 2.69 bits per heavy atom. The minimum atomic E-state index is -0.347. The fourth-order valence-corrected chi connectivity index (χ4v) is 0.727. The van der Waals surface area contributed by atoms with Gasteiger partial charge in [-0.25, -0.2) is 4.79 Å². The van der Waals surface area contributed by atoms with Crippen LogP contribution in [0.5, 0.6) is 0 Å². The van der Waals surface area contributed by atoms with Gasteiger partial charge in [-0.3, -0.25) is 4.99 Å². The number of rotatable bonds is 4. The lowest BCUT2D eigenvalue weighted by molar-refractivity contribution is -0.135. The molecular weight excluding hydrogens is 166 g/mol. The third-order valence-electron chi connectivity index (χ3n) is 1.31. The molecule has 0 aromatic rings. The van der Waals surface area contributed by atoms with Gasteiger partial charge in [-0.2, -0.15) is 0 Å². The van der Waals surface area contributed by atoms with Crippen LogP contribution in [0.1, 0.15) is 13.8 Å². The zero-order valence-electron chi connectivity index (χ0n) is 8.28. The smallest absolute Gasteiger partial charge is 0.337 e. The molecule has 0 aliphatic rings. The van der Waals surface area contributed by atoms with E-state index in [9.17, 15) is 4.79 Å². The van der Waals surface area contributed by atoms with Gasteiger partial charge < -0.3 is 4.74 Å². The summed E-state index contributed by atoms with van der Waals surface area (Å²) in [6.07, 6.45) is 6.71. The molecular formula is C10H15NO2. The Bertz CT molecular complexity index is 239. The number of hydrogen-bond acceptors (Lipinski definition) is 3. The summed E-state index contributed by atoms with van der Waals surface area (Å²) in [5, 5.41) is 0. The molecule has 3 heteroatoms. The molecule has 0 saturated carbocycles. The Morgan fingerprint density at radius 2 is 2.23 bits per heavy atom. The molecule has 0 aliphatic carbocycles. The van der Waals surface area contributed by atoms with Crippen LogP contribution >= 0.6 is 0 Å². The largest absolute Gasteiger partial charge is 0.465 e. The maximum Gasteiger partial charge on any atom is 0.337 e. The summed E-state index contributed by atoms with van der Waals surface area (Å²) in [6.45, 7) is 4.48. The number of esters is 1. The molecule has 0 rings (SSSR count). The molecule has 0 saturated heterocycles. The normalized spacial score (nSPS) is 12.7. The van der Waals surface area contributed by atoms with Crippen molar-refractivity contribution in [3.05, 3.63) is 23.8 Å². The second kappa shape index (κ2) is 7.28. The SMILES string of the molecule is C/C=C\C(=C/C=NCC)C(=O)OC. The standard InChI is InChI=1S/C10H15NO2/c1-4-6-9(10(12)13-3)7-8-11-5-2/h4,6-8H,5H2,1-3H3/b6-4-,9-7+,11-8?. The van der Waals surface area contributed by atoms with Crippen LogP contribution in [0.15, 0.2) is 28.8 Å². The molecule has 0 aliphatic heterocycles. The molecule has 0 aromatic carbocycles. The van der Waals surface area contributed by atoms with Crippen molar-refractivity contribution in [3.63, 3.8) is 0 Å². The summed E-state index contributed by atoms with van der Waals surface area (Å²) in [7, 11) is 1.36. The van der Waals surface area contributed by atoms with Gasteiger partial charge in [0.15, 0.2) is 0 Å². The second-order valence-corrected chi connectivity index (χ2v) is 2.26. The fraction of sp³-hybridized carbons (Fsp3) is 0.400. The van der Waals surface area contributed by atoms with Crippen molar-refractivity contribution < 1.29 is 9.53 Å². The Labute approximate surface area is 78.8 Å². The molecule has 72 valence electrons. The van der Waals surface area contributed by atoms with E-state index in [-0.39, 0.29) is 5.97 Å². The first-order valence-electron chi connectivity index (χ1n) is 4.17. The average molecular weight is 181 g/mol. The van der Waals surface area contributed by atoms with Crippen molar-refractivity contribution in [3.8, 4) is 0 Å². The van der Waals surface area contributed by atoms with Crippen LogP contribution in [0, 0.1) is 0 Å². The molecule has 0 N–H and O–H groups in total. The van der Waals surface area contributed by atoms with Crippen LogP contribution in [-0.4, -0.2) is 25.8 Å². The zero-order chi connectivity index (χ0) is 10.1. The van der Waals surface area contributed by atoms with Crippen molar-refractivity contribution in [1.29, 1.82) is 0 Å². The molecule has 0 unspecified atom stereocenters. The lowest BCUT2D eigenvalue weighted by Crippen LogP contribution is -2.02. The van der Waals surface area contributed by atoms with Gasteiger partial charge in [-0.1, -0.05) is 12.2 Å². The number of ether oxygens (including phenoxy) is 1. The lowest BCUT2D eigenvalue weighted by Gasteiger charge is -1.96. The van der Waals surface area contributed by atoms with Crippen molar-refractivity contribution in [1.82, 2.24) is 0 Å². The van der Waals surface area contributed by atoms with Gasteiger partial charge in [0.25, 0.3) is 0 Å². The summed E-state index contributed by atoms with van der Waals surface area (Å²) in [4.78, 5) is 15.1. The fourth-order valence-electron chi connectivity index (χ4n) is 0.727. The third kappa shape index (κ3) is 4.95. The molecule has 0 spiro atoms. The number of nitrogens with zero attached hydrogens (tertiary/aromatic N) is 1. The molecule has 0 fully saturated rings. The van der Waals surface area contributed by atoms with E-state index >= 15 is 0 Å². The number of hydrogen-bond donors (Lipinski definition) is 0. The van der Waals surface area contributed by atoms with Crippen LogP contribution in [-0.2, 0) is 9.53 Å². The van der Waals surface area contributed by atoms with Crippen molar-refractivity contribution in [2.75, 3.05) is 13.7 Å². The van der Waals surface area contributed by atoms with Gasteiger partial charge in [0.2, 0.25) is 0 Å². The molecule has 3 nitrogen and oxygen atoms in total. The van der Waals surface area contributed by atoms with E-state index in [1.807, 2.05) is 13.8 Å². The van der Waals surface area contributed by atoms with E-state index in [4.69, 9.17) is 0 Å². The third-order valence-corrected chi connectivity index (χ3v) is 1.31. The maximum absolute atomic E-state index is 11.1. The first-order chi connectivity index (χ1) is 6.26. The van der Waals surface area contributed by atoms with Gasteiger partial charge in [0.05, 0.1) is 12.7 Å². The lowest BCUT2D eigenvalue weighted by atomic mass is 10.2. The zero-order valence-corrected chi connectivity index (χ0v) is 8.28. The highest BCUT2D eigenvalue weighted by atomic mass is 16.5. The molecule has 0 bridgehead atoms. The summed E-state index contributed by atoms with van der Waals surface area (Å²) in [5.41, 5.74) is 0.502. The average Bonchev–Trinajstić information content (AvgIpc) is 2.16. The quantitative estimate of drug-likeness (QED) is 0.287. The van der Waals surface area contributed by atoms with Crippen LogP contribution in [0.2, 0.25) is 0 Å². The van der Waals surface area contributed by atoms with Crippen LogP contribution in [0.3, 0.4) is 0 Å². The molecule has 0 aromatic heterocycles. The summed E-state index contributed by atoms with van der Waals surface area (Å²) in [6, 6.07) is 0. The highest BCUT2D eigenvalue weighted by molar-refractivity contribution is 5.96. The molecule has 0 atom stereocenters. The van der Waals surface area contributed by atoms with E-state index in [0.717, 1.165) is 0 Å².